The number of carbonyl (C=O) groups is 3. The second kappa shape index (κ2) is 14.3. The van der Waals surface area contributed by atoms with Crippen molar-refractivity contribution in [2.24, 2.45) is 12.5 Å². The Bertz CT molecular complexity index is 1840. The van der Waals surface area contributed by atoms with Crippen LogP contribution < -0.4 is 21.5 Å². The molecule has 2 aromatic carbocycles. The van der Waals surface area contributed by atoms with E-state index in [0.717, 1.165) is 11.1 Å². The summed E-state index contributed by atoms with van der Waals surface area (Å²) in [4.78, 5) is 54.3. The summed E-state index contributed by atoms with van der Waals surface area (Å²) >= 11 is 0. The van der Waals surface area contributed by atoms with Gasteiger partial charge in [-0.2, -0.15) is 0 Å². The molecule has 1 fully saturated rings. The topological polar surface area (TPSA) is 122 Å². The maximum absolute atomic E-state index is 13.5. The maximum Gasteiger partial charge on any atom is 0.274 e. The Hall–Kier alpha value is -4.96. The molecule has 10 heteroatoms. The lowest BCUT2D eigenvalue weighted by Crippen LogP contribution is -2.47. The highest BCUT2D eigenvalue weighted by atomic mass is 16.5. The highest BCUT2D eigenvalue weighted by molar-refractivity contribution is 5.96. The molecule has 1 aromatic heterocycles. The van der Waals surface area contributed by atoms with Gasteiger partial charge >= 0.3 is 0 Å². The van der Waals surface area contributed by atoms with E-state index in [4.69, 9.17) is 4.74 Å². The first kappa shape index (κ1) is 35.3. The molecule has 3 aromatic rings. The molecule has 5 rings (SSSR count). The minimum atomic E-state index is -0.706. The molecule has 0 bridgehead atoms. The van der Waals surface area contributed by atoms with E-state index in [2.05, 4.69) is 36.7 Å². The summed E-state index contributed by atoms with van der Waals surface area (Å²) in [6.07, 6.45) is 5.76. The number of morpholine rings is 1. The molecule has 0 saturated carbocycles. The van der Waals surface area contributed by atoms with Gasteiger partial charge in [-0.05, 0) is 70.7 Å². The first-order valence-electron chi connectivity index (χ1n) is 16.8. The molecular weight excluding hydrogens is 618 g/mol. The molecule has 1 saturated heterocycles. The number of hydrogen-bond donors (Lipinski definition) is 3. The third-order valence-corrected chi connectivity index (χ3v) is 9.22. The molecule has 10 nitrogen and oxygen atoms in total. The fourth-order valence-electron chi connectivity index (χ4n) is 6.20. The molecule has 2 heterocycles. The van der Waals surface area contributed by atoms with Crippen molar-refractivity contribution in [3.05, 3.63) is 111 Å². The highest BCUT2D eigenvalue weighted by Crippen LogP contribution is 2.43. The van der Waals surface area contributed by atoms with Crippen LogP contribution in [0.4, 0.5) is 11.4 Å². The molecule has 1 atom stereocenters. The normalized spacial score (nSPS) is 17.4. The Labute approximate surface area is 288 Å². The third kappa shape index (κ3) is 7.86. The van der Waals surface area contributed by atoms with Gasteiger partial charge in [0.1, 0.15) is 5.69 Å². The standard InChI is InChI=1S/C39H47N5O5/c1-8-33(45)41-30-17-18-32(42-35(46)25-9-13-28(14-10-25)38(2,3)4)39(5,6)34(30)27-23-31(37(48)43(7)24-27)40-29-15-11-26(12-16-29)36(47)44-19-21-49-22-20-44/h9-18,23-24,32,40H,8,19-22H2,1-7H3,(H,41,45)(H,42,46). The average molecular weight is 666 g/mol. The van der Waals surface area contributed by atoms with Crippen LogP contribution in [0, 0.1) is 5.41 Å². The molecule has 1 aliphatic heterocycles. The molecule has 0 radical (unpaired) electrons. The first-order chi connectivity index (χ1) is 23.2. The second-order valence-corrected chi connectivity index (χ2v) is 14.2. The highest BCUT2D eigenvalue weighted by Gasteiger charge is 2.39. The van der Waals surface area contributed by atoms with Gasteiger partial charge in [0.05, 0.1) is 19.3 Å². The van der Waals surface area contributed by atoms with Crippen LogP contribution in [0.25, 0.3) is 5.57 Å². The monoisotopic (exact) mass is 665 g/mol. The number of nitrogens with zero attached hydrogens (tertiary/aromatic N) is 2. The molecule has 3 amide bonds. The van der Waals surface area contributed by atoms with E-state index in [1.165, 1.54) is 4.57 Å². The van der Waals surface area contributed by atoms with E-state index in [9.17, 15) is 19.2 Å². The molecule has 2 aliphatic rings. The minimum Gasteiger partial charge on any atom is -0.378 e. The Kier molecular flexibility index (Phi) is 10.3. The van der Waals surface area contributed by atoms with Gasteiger partial charge < -0.3 is 30.2 Å². The summed E-state index contributed by atoms with van der Waals surface area (Å²) in [7, 11) is 1.68. The summed E-state index contributed by atoms with van der Waals surface area (Å²) in [5.74, 6) is -0.413. The van der Waals surface area contributed by atoms with Crippen LogP contribution in [0.3, 0.4) is 0 Å². The smallest absolute Gasteiger partial charge is 0.274 e. The van der Waals surface area contributed by atoms with Crippen molar-refractivity contribution in [2.75, 3.05) is 31.6 Å². The Balaban J connectivity index is 1.45. The largest absolute Gasteiger partial charge is 0.378 e. The summed E-state index contributed by atoms with van der Waals surface area (Å²) in [6, 6.07) is 16.0. The zero-order chi connectivity index (χ0) is 35.5. The van der Waals surface area contributed by atoms with Gasteiger partial charge in [0.15, 0.2) is 0 Å². The SMILES string of the molecule is CCC(=O)NC1=C(c2cc(Nc3ccc(C(=O)N4CCOCC4)cc3)c(=O)n(C)c2)C(C)(C)C(NC(=O)c2ccc(C(C)(C)C)cc2)C=C1. The maximum atomic E-state index is 13.5. The number of aryl methyl sites for hydroxylation is 1. The van der Waals surface area contributed by atoms with E-state index >= 15 is 0 Å². The lowest BCUT2D eigenvalue weighted by atomic mass is 9.71. The van der Waals surface area contributed by atoms with Gasteiger partial charge in [0, 0.05) is 60.7 Å². The van der Waals surface area contributed by atoms with Crippen LogP contribution in [0.5, 0.6) is 0 Å². The van der Waals surface area contributed by atoms with Gasteiger partial charge in [-0.15, -0.1) is 0 Å². The van der Waals surface area contributed by atoms with Gasteiger partial charge in [-0.3, -0.25) is 19.2 Å². The molecule has 258 valence electrons. The summed E-state index contributed by atoms with van der Waals surface area (Å²) in [5, 5.41) is 9.47. The number of pyridine rings is 1. The molecule has 1 aliphatic carbocycles. The zero-order valence-electron chi connectivity index (χ0n) is 29.5. The van der Waals surface area contributed by atoms with E-state index < -0.39 is 11.5 Å². The first-order valence-corrected chi connectivity index (χ1v) is 16.8. The quantitative estimate of drug-likeness (QED) is 0.291. The fourth-order valence-corrected chi connectivity index (χ4v) is 6.20. The third-order valence-electron chi connectivity index (χ3n) is 9.22. The number of nitrogens with one attached hydrogen (secondary N) is 3. The number of aromatic nitrogens is 1. The van der Waals surface area contributed by atoms with Crippen LogP contribution in [-0.2, 0) is 22.0 Å². The van der Waals surface area contributed by atoms with E-state index in [1.54, 1.807) is 55.4 Å². The molecule has 0 spiro atoms. The zero-order valence-corrected chi connectivity index (χ0v) is 29.5. The van der Waals surface area contributed by atoms with Gasteiger partial charge in [0.25, 0.3) is 17.4 Å². The van der Waals surface area contributed by atoms with E-state index in [0.29, 0.717) is 66.5 Å². The second-order valence-electron chi connectivity index (χ2n) is 14.2. The van der Waals surface area contributed by atoms with Crippen molar-refractivity contribution < 1.29 is 19.1 Å². The van der Waals surface area contributed by atoms with Crippen LogP contribution in [0.2, 0.25) is 0 Å². The summed E-state index contributed by atoms with van der Waals surface area (Å²) in [5.41, 5.74) is 4.33. The Morgan fingerprint density at radius 2 is 1.59 bits per heavy atom. The van der Waals surface area contributed by atoms with Crippen molar-refractivity contribution in [3.63, 3.8) is 0 Å². The lowest BCUT2D eigenvalue weighted by molar-refractivity contribution is -0.120. The van der Waals surface area contributed by atoms with Gasteiger partial charge in [0.2, 0.25) is 5.91 Å². The number of allylic oxidation sites excluding steroid dienone is 1. The van der Waals surface area contributed by atoms with Crippen molar-refractivity contribution in [2.45, 2.75) is 59.4 Å². The average Bonchev–Trinajstić information content (AvgIpc) is 3.08. The lowest BCUT2D eigenvalue weighted by Gasteiger charge is -2.40. The van der Waals surface area contributed by atoms with Crippen molar-refractivity contribution >= 4 is 34.7 Å². The molecule has 3 N–H and O–H groups in total. The van der Waals surface area contributed by atoms with Crippen molar-refractivity contribution in [1.29, 1.82) is 0 Å². The number of hydrogen-bond acceptors (Lipinski definition) is 6. The number of anilines is 2. The predicted molar refractivity (Wildman–Crippen MR) is 193 cm³/mol. The number of benzene rings is 2. The Morgan fingerprint density at radius 1 is 0.959 bits per heavy atom. The molecular formula is C39H47N5O5. The van der Waals surface area contributed by atoms with E-state index in [-0.39, 0.29) is 28.7 Å². The minimum absolute atomic E-state index is 0.0306. The fraction of sp³-hybridized carbons (Fsp3) is 0.385. The van der Waals surface area contributed by atoms with Crippen LogP contribution in [0.1, 0.15) is 79.8 Å². The van der Waals surface area contributed by atoms with Gasteiger partial charge in [-0.25, -0.2) is 0 Å². The van der Waals surface area contributed by atoms with Crippen LogP contribution in [-0.4, -0.2) is 59.5 Å². The predicted octanol–water partition coefficient (Wildman–Crippen LogP) is 5.53. The van der Waals surface area contributed by atoms with Crippen molar-refractivity contribution in [1.82, 2.24) is 20.1 Å². The Morgan fingerprint density at radius 3 is 2.20 bits per heavy atom. The number of carbonyl (C=O) groups excluding carboxylic acids is 3. The number of ether oxygens (including phenoxy) is 1. The summed E-state index contributed by atoms with van der Waals surface area (Å²) in [6.45, 7) is 14.4. The molecule has 1 unspecified atom stereocenters. The number of rotatable bonds is 8. The van der Waals surface area contributed by atoms with Gasteiger partial charge in [-0.1, -0.05) is 59.8 Å². The van der Waals surface area contributed by atoms with Crippen LogP contribution in [0.15, 0.2) is 83.4 Å². The summed E-state index contributed by atoms with van der Waals surface area (Å²) < 4.78 is 6.86. The molecule has 49 heavy (non-hydrogen) atoms. The van der Waals surface area contributed by atoms with Crippen LogP contribution >= 0.6 is 0 Å². The van der Waals surface area contributed by atoms with Crippen molar-refractivity contribution in [3.8, 4) is 0 Å². The number of amides is 3. The van der Waals surface area contributed by atoms with E-state index in [1.807, 2.05) is 50.3 Å².